The Morgan fingerprint density at radius 2 is 1.89 bits per heavy atom. The fourth-order valence-electron chi connectivity index (χ4n) is 4.39. The molecule has 1 fully saturated rings. The van der Waals surface area contributed by atoms with E-state index in [-0.39, 0.29) is 30.2 Å². The maximum absolute atomic E-state index is 13.6. The Labute approximate surface area is 222 Å². The van der Waals surface area contributed by atoms with E-state index in [1.54, 1.807) is 0 Å². The molecule has 1 aliphatic rings. The number of esters is 1. The van der Waals surface area contributed by atoms with Crippen molar-refractivity contribution in [3.05, 3.63) is 60.2 Å². The van der Waals surface area contributed by atoms with Gasteiger partial charge in [-0.05, 0) is 31.4 Å². The van der Waals surface area contributed by atoms with Crippen molar-refractivity contribution in [2.75, 3.05) is 14.2 Å². The summed E-state index contributed by atoms with van der Waals surface area (Å²) in [4.78, 5) is 59.1. The smallest absolute Gasteiger partial charge is 0.507 e. The van der Waals surface area contributed by atoms with Crippen molar-refractivity contribution in [3.63, 3.8) is 0 Å². The molecule has 12 heteroatoms. The lowest BCUT2D eigenvalue weighted by atomic mass is 9.65. The molecule has 1 aromatic heterocycles. The lowest BCUT2D eigenvalue weighted by Crippen LogP contribution is -2.48. The molecule has 11 nitrogen and oxygen atoms in total. The molecule has 1 aromatic carbocycles. The summed E-state index contributed by atoms with van der Waals surface area (Å²) >= 11 is 0. The average Bonchev–Trinajstić information content (AvgIpc) is 3.30. The first kappa shape index (κ1) is 28.9. The SMILES string of the molecule is CN[C@@H](C(=O)OC)[C@H]1OB([C@@H](CC(=O)[C@H](Cc2ccccc2)NC(=O)c2cnccn2)CC(C)C)OC1=O. The van der Waals surface area contributed by atoms with Gasteiger partial charge < -0.3 is 24.7 Å². The molecular weight excluding hydrogens is 491 g/mol. The third-order valence-corrected chi connectivity index (χ3v) is 6.21. The van der Waals surface area contributed by atoms with Crippen molar-refractivity contribution in [2.24, 2.45) is 5.92 Å². The number of nitrogens with zero attached hydrogens (tertiary/aromatic N) is 2. The van der Waals surface area contributed by atoms with E-state index in [0.29, 0.717) is 6.42 Å². The molecule has 2 aromatic rings. The number of likely N-dealkylation sites (N-methyl/N-ethyl adjacent to an activating group) is 1. The van der Waals surface area contributed by atoms with E-state index < -0.39 is 49.0 Å². The van der Waals surface area contributed by atoms with Crippen LogP contribution in [-0.4, -0.2) is 73.1 Å². The van der Waals surface area contributed by atoms with Gasteiger partial charge in [0.15, 0.2) is 11.9 Å². The van der Waals surface area contributed by atoms with Crippen LogP contribution in [0.4, 0.5) is 0 Å². The van der Waals surface area contributed by atoms with Crippen molar-refractivity contribution < 1.29 is 33.2 Å². The summed E-state index contributed by atoms with van der Waals surface area (Å²) in [6, 6.07) is 7.41. The maximum Gasteiger partial charge on any atom is 0.531 e. The molecule has 0 saturated carbocycles. The predicted octanol–water partition coefficient (Wildman–Crippen LogP) is 1.38. The van der Waals surface area contributed by atoms with E-state index in [1.807, 2.05) is 44.2 Å². The molecule has 3 rings (SSSR count). The molecule has 0 bridgehead atoms. The minimum atomic E-state index is -1.21. The highest BCUT2D eigenvalue weighted by Crippen LogP contribution is 2.32. The van der Waals surface area contributed by atoms with E-state index in [1.165, 1.54) is 32.7 Å². The van der Waals surface area contributed by atoms with Crippen LogP contribution < -0.4 is 10.6 Å². The van der Waals surface area contributed by atoms with Crippen LogP contribution in [0.1, 0.15) is 42.7 Å². The number of amides is 1. The molecule has 2 N–H and O–H groups in total. The van der Waals surface area contributed by atoms with Gasteiger partial charge in [-0.1, -0.05) is 44.2 Å². The van der Waals surface area contributed by atoms with E-state index in [4.69, 9.17) is 14.0 Å². The second kappa shape index (κ2) is 13.8. The first-order valence-corrected chi connectivity index (χ1v) is 12.5. The molecule has 38 heavy (non-hydrogen) atoms. The van der Waals surface area contributed by atoms with Crippen LogP contribution >= 0.6 is 0 Å². The van der Waals surface area contributed by atoms with Gasteiger partial charge in [0, 0.05) is 24.6 Å². The Balaban J connectivity index is 1.80. The number of nitrogens with one attached hydrogen (secondary N) is 2. The molecule has 0 spiro atoms. The number of methoxy groups -OCH3 is 1. The number of Topliss-reactive ketones (excluding diaryl/α,β-unsaturated/α-hetero) is 1. The van der Waals surface area contributed by atoms with Gasteiger partial charge in [0.1, 0.15) is 11.7 Å². The van der Waals surface area contributed by atoms with Crippen LogP contribution in [0.25, 0.3) is 0 Å². The second-order valence-electron chi connectivity index (χ2n) is 9.52. The summed E-state index contributed by atoms with van der Waals surface area (Å²) in [5.41, 5.74) is 0.957. The molecule has 0 aliphatic carbocycles. The second-order valence-corrected chi connectivity index (χ2v) is 9.52. The van der Waals surface area contributed by atoms with Gasteiger partial charge in [0.05, 0.1) is 19.3 Å². The van der Waals surface area contributed by atoms with E-state index in [9.17, 15) is 19.2 Å². The van der Waals surface area contributed by atoms with Crippen molar-refractivity contribution in [1.29, 1.82) is 0 Å². The number of ether oxygens (including phenoxy) is 1. The van der Waals surface area contributed by atoms with Crippen molar-refractivity contribution in [1.82, 2.24) is 20.6 Å². The minimum Gasteiger partial charge on any atom is -0.507 e. The molecule has 1 saturated heterocycles. The number of benzene rings is 1. The maximum atomic E-state index is 13.6. The number of carbonyl (C=O) groups is 4. The lowest BCUT2D eigenvalue weighted by molar-refractivity contribution is -0.150. The summed E-state index contributed by atoms with van der Waals surface area (Å²) in [6.45, 7) is 3.96. The third kappa shape index (κ3) is 7.69. The third-order valence-electron chi connectivity index (χ3n) is 6.21. The Morgan fingerprint density at radius 1 is 1.16 bits per heavy atom. The quantitative estimate of drug-likeness (QED) is 0.291. The first-order valence-electron chi connectivity index (χ1n) is 12.5. The average molecular weight is 524 g/mol. The topological polar surface area (TPSA) is 146 Å². The van der Waals surface area contributed by atoms with Crippen LogP contribution in [0.3, 0.4) is 0 Å². The molecule has 0 unspecified atom stereocenters. The summed E-state index contributed by atoms with van der Waals surface area (Å²) in [7, 11) is 1.69. The number of ketones is 1. The van der Waals surface area contributed by atoms with Gasteiger partial charge in [-0.3, -0.25) is 24.2 Å². The summed E-state index contributed by atoms with van der Waals surface area (Å²) < 4.78 is 16.1. The fraction of sp³-hybridized carbons (Fsp3) is 0.462. The van der Waals surface area contributed by atoms with Gasteiger partial charge in [0.25, 0.3) is 5.91 Å². The number of rotatable bonds is 13. The zero-order chi connectivity index (χ0) is 27.7. The van der Waals surface area contributed by atoms with Crippen LogP contribution in [0.5, 0.6) is 0 Å². The molecule has 0 radical (unpaired) electrons. The van der Waals surface area contributed by atoms with E-state index >= 15 is 0 Å². The Kier molecular flexibility index (Phi) is 10.5. The number of aromatic nitrogens is 2. The Bertz CT molecular complexity index is 1100. The van der Waals surface area contributed by atoms with E-state index in [2.05, 4.69) is 20.6 Å². The number of hydrogen-bond donors (Lipinski definition) is 2. The van der Waals surface area contributed by atoms with Gasteiger partial charge in [-0.15, -0.1) is 0 Å². The van der Waals surface area contributed by atoms with Crippen LogP contribution in [0.2, 0.25) is 5.82 Å². The highest BCUT2D eigenvalue weighted by atomic mass is 16.7. The normalized spacial score (nSPS) is 17.4. The van der Waals surface area contributed by atoms with Gasteiger partial charge in [-0.2, -0.15) is 0 Å². The molecule has 2 heterocycles. The van der Waals surface area contributed by atoms with E-state index in [0.717, 1.165) is 5.56 Å². The van der Waals surface area contributed by atoms with Crippen molar-refractivity contribution in [2.45, 2.75) is 57.1 Å². The highest BCUT2D eigenvalue weighted by Gasteiger charge is 2.50. The summed E-state index contributed by atoms with van der Waals surface area (Å²) in [6.07, 6.45) is 3.72. The lowest BCUT2D eigenvalue weighted by Gasteiger charge is -2.24. The van der Waals surface area contributed by atoms with Crippen LogP contribution in [0.15, 0.2) is 48.9 Å². The van der Waals surface area contributed by atoms with Gasteiger partial charge in [0.2, 0.25) is 0 Å². The minimum absolute atomic E-state index is 0.0243. The van der Waals surface area contributed by atoms with Crippen LogP contribution in [-0.2, 0) is 34.9 Å². The Morgan fingerprint density at radius 3 is 2.50 bits per heavy atom. The number of carbonyl (C=O) groups excluding carboxylic acids is 4. The predicted molar refractivity (Wildman–Crippen MR) is 138 cm³/mol. The largest absolute Gasteiger partial charge is 0.531 e. The highest BCUT2D eigenvalue weighted by molar-refractivity contribution is 6.51. The molecular formula is C26H33BN4O7. The van der Waals surface area contributed by atoms with Gasteiger partial charge >= 0.3 is 19.1 Å². The standard InChI is InChI=1S/C26H33BN4O7/c1-16(2)12-18(27-37-23(26(35)38-27)22(28-3)25(34)36-4)14-21(32)19(13-17-8-6-5-7-9-17)31-24(33)20-15-29-10-11-30-20/h5-11,15-16,18-19,22-23,28H,12-14H2,1-4H3,(H,31,33)/t18-,19+,22-,23-/m1/s1. The summed E-state index contributed by atoms with van der Waals surface area (Å²) in [5.74, 6) is -2.50. The summed E-state index contributed by atoms with van der Waals surface area (Å²) in [5, 5.41) is 5.51. The molecule has 202 valence electrons. The zero-order valence-electron chi connectivity index (χ0n) is 22.0. The number of hydrogen-bond acceptors (Lipinski definition) is 10. The Hall–Kier alpha value is -3.64. The monoisotopic (exact) mass is 524 g/mol. The molecule has 1 amide bonds. The fourth-order valence-corrected chi connectivity index (χ4v) is 4.39. The first-order chi connectivity index (χ1) is 18.2. The van der Waals surface area contributed by atoms with Crippen LogP contribution in [0, 0.1) is 5.92 Å². The molecule has 4 atom stereocenters. The van der Waals surface area contributed by atoms with Crippen molar-refractivity contribution in [3.8, 4) is 0 Å². The van der Waals surface area contributed by atoms with Gasteiger partial charge in [-0.25, -0.2) is 4.98 Å². The molecule has 1 aliphatic heterocycles. The van der Waals surface area contributed by atoms with Crippen molar-refractivity contribution >= 4 is 30.7 Å². The zero-order valence-corrected chi connectivity index (χ0v) is 22.0.